The van der Waals surface area contributed by atoms with Gasteiger partial charge in [0.1, 0.15) is 5.56 Å². The van der Waals surface area contributed by atoms with Gasteiger partial charge in [0.05, 0.1) is 0 Å². The molecule has 0 saturated heterocycles. The van der Waals surface area contributed by atoms with Crippen LogP contribution in [0.15, 0.2) is 6.20 Å². The Kier molecular flexibility index (Phi) is 2.55. The number of hydrogen-bond acceptors (Lipinski definition) is 3. The summed E-state index contributed by atoms with van der Waals surface area (Å²) in [5, 5.41) is 12.6. The van der Waals surface area contributed by atoms with Crippen LogP contribution in [0.1, 0.15) is 20.8 Å². The molecular formula is C8H11N3O3. The zero-order valence-corrected chi connectivity index (χ0v) is 8.18. The molecule has 1 aromatic rings. The quantitative estimate of drug-likeness (QED) is 0.713. The van der Waals surface area contributed by atoms with E-state index in [0.29, 0.717) is 0 Å². The minimum absolute atomic E-state index is 0.0370. The SMILES string of the molecule is CN(C)C(=O)c1nn(C)cc1C(=O)O. The highest BCUT2D eigenvalue weighted by atomic mass is 16.4. The number of aryl methyl sites for hydroxylation is 1. The van der Waals surface area contributed by atoms with E-state index in [-0.39, 0.29) is 11.3 Å². The highest BCUT2D eigenvalue weighted by molar-refractivity contribution is 6.02. The third-order valence-corrected chi connectivity index (χ3v) is 1.67. The van der Waals surface area contributed by atoms with Gasteiger partial charge in [-0.15, -0.1) is 0 Å². The highest BCUT2D eigenvalue weighted by Gasteiger charge is 2.21. The minimum atomic E-state index is -1.15. The van der Waals surface area contributed by atoms with Gasteiger partial charge in [-0.2, -0.15) is 5.10 Å². The first-order chi connectivity index (χ1) is 6.43. The van der Waals surface area contributed by atoms with Gasteiger partial charge >= 0.3 is 5.97 Å². The molecule has 1 aromatic heterocycles. The number of amides is 1. The molecule has 0 spiro atoms. The van der Waals surface area contributed by atoms with Gasteiger partial charge in [0.25, 0.3) is 5.91 Å². The van der Waals surface area contributed by atoms with Crippen molar-refractivity contribution in [2.45, 2.75) is 0 Å². The predicted octanol–water partition coefficient (Wildman–Crippen LogP) is -0.180. The standard InChI is InChI=1S/C8H11N3O3/c1-10(2)7(12)6-5(8(13)14)4-11(3)9-6/h4H,1-3H3,(H,13,14). The Morgan fingerprint density at radius 3 is 2.50 bits per heavy atom. The van der Waals surface area contributed by atoms with Crippen molar-refractivity contribution in [1.82, 2.24) is 14.7 Å². The Hall–Kier alpha value is -1.85. The normalized spacial score (nSPS) is 9.93. The second-order valence-electron chi connectivity index (χ2n) is 3.07. The van der Waals surface area contributed by atoms with Crippen LogP contribution in [-0.4, -0.2) is 45.8 Å². The van der Waals surface area contributed by atoms with Crippen LogP contribution in [0.5, 0.6) is 0 Å². The summed E-state index contributed by atoms with van der Waals surface area (Å²) in [5.74, 6) is -1.56. The Morgan fingerprint density at radius 1 is 1.50 bits per heavy atom. The molecule has 6 heteroatoms. The van der Waals surface area contributed by atoms with Crippen LogP contribution in [-0.2, 0) is 7.05 Å². The second kappa shape index (κ2) is 3.49. The van der Waals surface area contributed by atoms with E-state index in [2.05, 4.69) is 5.10 Å². The van der Waals surface area contributed by atoms with Crippen LogP contribution in [0.25, 0.3) is 0 Å². The Labute approximate surface area is 80.7 Å². The molecule has 0 bridgehead atoms. The lowest BCUT2D eigenvalue weighted by atomic mass is 10.2. The van der Waals surface area contributed by atoms with E-state index in [1.54, 1.807) is 21.1 Å². The number of hydrogen-bond donors (Lipinski definition) is 1. The van der Waals surface area contributed by atoms with Crippen molar-refractivity contribution in [3.05, 3.63) is 17.5 Å². The van der Waals surface area contributed by atoms with Gasteiger partial charge in [-0.05, 0) is 0 Å². The van der Waals surface area contributed by atoms with Gasteiger partial charge in [0, 0.05) is 27.3 Å². The maximum atomic E-state index is 11.5. The van der Waals surface area contributed by atoms with Gasteiger partial charge in [0.2, 0.25) is 0 Å². The molecule has 0 aliphatic heterocycles. The molecule has 0 aromatic carbocycles. The molecule has 1 heterocycles. The summed E-state index contributed by atoms with van der Waals surface area (Å²) < 4.78 is 1.31. The molecule has 0 fully saturated rings. The van der Waals surface area contributed by atoms with E-state index in [1.807, 2.05) is 0 Å². The molecule has 0 unspecified atom stereocenters. The van der Waals surface area contributed by atoms with Crippen molar-refractivity contribution < 1.29 is 14.7 Å². The number of carboxylic acid groups (broad SMARTS) is 1. The Morgan fingerprint density at radius 2 is 2.07 bits per heavy atom. The molecule has 14 heavy (non-hydrogen) atoms. The zero-order valence-electron chi connectivity index (χ0n) is 8.18. The molecule has 1 N–H and O–H groups in total. The first-order valence-corrected chi connectivity index (χ1v) is 3.92. The second-order valence-corrected chi connectivity index (χ2v) is 3.07. The zero-order chi connectivity index (χ0) is 10.9. The van der Waals surface area contributed by atoms with E-state index in [4.69, 9.17) is 5.11 Å². The van der Waals surface area contributed by atoms with Crippen molar-refractivity contribution in [1.29, 1.82) is 0 Å². The molecule has 0 radical (unpaired) electrons. The first kappa shape index (κ1) is 10.2. The van der Waals surface area contributed by atoms with Crippen LogP contribution in [0.2, 0.25) is 0 Å². The Balaban J connectivity index is 3.20. The molecule has 76 valence electrons. The molecule has 0 atom stereocenters. The van der Waals surface area contributed by atoms with Gasteiger partial charge in [-0.25, -0.2) is 4.79 Å². The fourth-order valence-corrected chi connectivity index (χ4v) is 1.01. The highest BCUT2D eigenvalue weighted by Crippen LogP contribution is 2.07. The van der Waals surface area contributed by atoms with E-state index in [0.717, 1.165) is 0 Å². The van der Waals surface area contributed by atoms with Crippen LogP contribution in [0, 0.1) is 0 Å². The minimum Gasteiger partial charge on any atom is -0.478 e. The Bertz CT molecular complexity index is 381. The summed E-state index contributed by atoms with van der Waals surface area (Å²) in [5.41, 5.74) is -0.115. The number of rotatable bonds is 2. The number of carboxylic acids is 1. The summed E-state index contributed by atoms with van der Waals surface area (Å²) in [6.07, 6.45) is 1.30. The van der Waals surface area contributed by atoms with E-state index < -0.39 is 11.9 Å². The van der Waals surface area contributed by atoms with Crippen LogP contribution >= 0.6 is 0 Å². The number of aromatic carboxylic acids is 1. The molecule has 0 saturated carbocycles. The summed E-state index contributed by atoms with van der Waals surface area (Å²) in [4.78, 5) is 23.5. The summed E-state index contributed by atoms with van der Waals surface area (Å²) in [7, 11) is 4.66. The van der Waals surface area contributed by atoms with Gasteiger partial charge in [0.15, 0.2) is 5.69 Å². The van der Waals surface area contributed by atoms with Crippen molar-refractivity contribution >= 4 is 11.9 Å². The number of carbonyl (C=O) groups excluding carboxylic acids is 1. The fourth-order valence-electron chi connectivity index (χ4n) is 1.01. The maximum Gasteiger partial charge on any atom is 0.339 e. The summed E-state index contributed by atoms with van der Waals surface area (Å²) >= 11 is 0. The lowest BCUT2D eigenvalue weighted by Crippen LogP contribution is -2.24. The molecular weight excluding hydrogens is 186 g/mol. The van der Waals surface area contributed by atoms with Crippen LogP contribution in [0.3, 0.4) is 0 Å². The van der Waals surface area contributed by atoms with Gasteiger partial charge < -0.3 is 10.0 Å². The topological polar surface area (TPSA) is 75.4 Å². The predicted molar refractivity (Wildman–Crippen MR) is 48.2 cm³/mol. The molecule has 1 amide bonds. The van der Waals surface area contributed by atoms with Crippen molar-refractivity contribution in [3.8, 4) is 0 Å². The lowest BCUT2D eigenvalue weighted by molar-refractivity contribution is 0.0684. The van der Waals surface area contributed by atoms with E-state index >= 15 is 0 Å². The monoisotopic (exact) mass is 197 g/mol. The number of nitrogens with zero attached hydrogens (tertiary/aromatic N) is 3. The molecule has 0 aliphatic rings. The fraction of sp³-hybridized carbons (Fsp3) is 0.375. The van der Waals surface area contributed by atoms with Crippen molar-refractivity contribution in [2.24, 2.45) is 7.05 Å². The molecule has 6 nitrogen and oxygen atoms in total. The maximum absolute atomic E-state index is 11.5. The third kappa shape index (κ3) is 1.73. The van der Waals surface area contributed by atoms with Crippen molar-refractivity contribution in [3.63, 3.8) is 0 Å². The number of aromatic nitrogens is 2. The number of carbonyl (C=O) groups is 2. The summed E-state index contributed by atoms with van der Waals surface area (Å²) in [6.45, 7) is 0. The largest absolute Gasteiger partial charge is 0.478 e. The van der Waals surface area contributed by atoms with Crippen LogP contribution in [0.4, 0.5) is 0 Å². The smallest absolute Gasteiger partial charge is 0.339 e. The average molecular weight is 197 g/mol. The average Bonchev–Trinajstić information content (AvgIpc) is 2.45. The van der Waals surface area contributed by atoms with Crippen LogP contribution < -0.4 is 0 Å². The van der Waals surface area contributed by atoms with E-state index in [9.17, 15) is 9.59 Å². The molecule has 1 rings (SSSR count). The van der Waals surface area contributed by atoms with Gasteiger partial charge in [-0.3, -0.25) is 9.48 Å². The van der Waals surface area contributed by atoms with Gasteiger partial charge in [-0.1, -0.05) is 0 Å². The third-order valence-electron chi connectivity index (χ3n) is 1.67. The van der Waals surface area contributed by atoms with Crippen molar-refractivity contribution in [2.75, 3.05) is 14.1 Å². The first-order valence-electron chi connectivity index (χ1n) is 3.92. The molecule has 0 aliphatic carbocycles. The summed E-state index contributed by atoms with van der Waals surface area (Å²) in [6, 6.07) is 0. The lowest BCUT2D eigenvalue weighted by Gasteiger charge is -2.07. The van der Waals surface area contributed by atoms with E-state index in [1.165, 1.54) is 15.8 Å².